The highest BCUT2D eigenvalue weighted by molar-refractivity contribution is 5.73. The minimum Gasteiger partial charge on any atom is -0.392 e. The average Bonchev–Trinajstić information content (AvgIpc) is 2.60. The summed E-state index contributed by atoms with van der Waals surface area (Å²) in [4.78, 5) is 12.0. The molecule has 25 heavy (non-hydrogen) atoms. The van der Waals surface area contributed by atoms with Gasteiger partial charge in [-0.25, -0.2) is 4.79 Å². The van der Waals surface area contributed by atoms with Crippen molar-refractivity contribution < 1.29 is 14.6 Å². The summed E-state index contributed by atoms with van der Waals surface area (Å²) in [6, 6.07) is 7.66. The number of aliphatic hydroxyl groups excluding tert-OH is 1. The third kappa shape index (κ3) is 6.33. The number of hydrogen-bond acceptors (Lipinski definition) is 3. The Morgan fingerprint density at radius 2 is 1.88 bits per heavy atom. The van der Waals surface area contributed by atoms with Crippen LogP contribution in [0.5, 0.6) is 0 Å². The first-order valence-corrected chi connectivity index (χ1v) is 9.22. The number of carbonyl (C=O) groups is 1. The Kier molecular flexibility index (Phi) is 7.26. The topological polar surface area (TPSA) is 70.6 Å². The second kappa shape index (κ2) is 9.20. The second-order valence-corrected chi connectivity index (χ2v) is 7.92. The molecule has 0 aliphatic carbocycles. The number of hydrogen-bond donors (Lipinski definition) is 3. The summed E-state index contributed by atoms with van der Waals surface area (Å²) >= 11 is 0. The highest BCUT2D eigenvalue weighted by Crippen LogP contribution is 2.33. The van der Waals surface area contributed by atoms with Crippen molar-refractivity contribution in [2.75, 3.05) is 19.7 Å². The molecule has 2 atom stereocenters. The first kappa shape index (κ1) is 19.7. The van der Waals surface area contributed by atoms with Crippen molar-refractivity contribution in [3.63, 3.8) is 0 Å². The van der Waals surface area contributed by atoms with Crippen LogP contribution in [0.4, 0.5) is 4.79 Å². The van der Waals surface area contributed by atoms with Gasteiger partial charge in [-0.2, -0.15) is 0 Å². The van der Waals surface area contributed by atoms with E-state index in [1.807, 2.05) is 24.3 Å². The van der Waals surface area contributed by atoms with Crippen molar-refractivity contribution in [3.8, 4) is 0 Å². The van der Waals surface area contributed by atoms with E-state index in [1.165, 1.54) is 0 Å². The lowest BCUT2D eigenvalue weighted by Crippen LogP contribution is -2.47. The molecule has 1 fully saturated rings. The largest absolute Gasteiger partial charge is 0.392 e. The number of benzene rings is 1. The molecule has 140 valence electrons. The monoisotopic (exact) mass is 348 g/mol. The first-order valence-electron chi connectivity index (χ1n) is 9.22. The Balaban J connectivity index is 1.70. The number of urea groups is 1. The Labute approximate surface area is 151 Å². The van der Waals surface area contributed by atoms with E-state index in [-0.39, 0.29) is 24.2 Å². The maximum Gasteiger partial charge on any atom is 0.314 e. The van der Waals surface area contributed by atoms with Gasteiger partial charge in [0.2, 0.25) is 0 Å². The third-order valence-corrected chi connectivity index (χ3v) is 4.73. The molecule has 2 unspecified atom stereocenters. The Morgan fingerprint density at radius 1 is 1.20 bits per heavy atom. The third-order valence-electron chi connectivity index (χ3n) is 4.73. The van der Waals surface area contributed by atoms with E-state index in [0.717, 1.165) is 37.0 Å². The minimum atomic E-state index is -0.120. The van der Waals surface area contributed by atoms with Crippen molar-refractivity contribution in [3.05, 3.63) is 35.4 Å². The lowest BCUT2D eigenvalue weighted by Gasteiger charge is -2.40. The van der Waals surface area contributed by atoms with Gasteiger partial charge in [-0.05, 0) is 35.8 Å². The quantitative estimate of drug-likeness (QED) is 0.740. The van der Waals surface area contributed by atoms with Crippen molar-refractivity contribution in [2.24, 2.45) is 11.3 Å². The number of amides is 2. The smallest absolute Gasteiger partial charge is 0.314 e. The van der Waals surface area contributed by atoms with Gasteiger partial charge in [0.05, 0.1) is 12.7 Å². The maximum atomic E-state index is 12.0. The summed E-state index contributed by atoms with van der Waals surface area (Å²) in [5.41, 5.74) is 2.13. The molecule has 0 aromatic heterocycles. The van der Waals surface area contributed by atoms with Gasteiger partial charge in [-0.15, -0.1) is 0 Å². The predicted molar refractivity (Wildman–Crippen MR) is 99.4 cm³/mol. The summed E-state index contributed by atoms with van der Waals surface area (Å²) in [6.45, 7) is 8.70. The van der Waals surface area contributed by atoms with E-state index in [4.69, 9.17) is 9.84 Å². The number of aliphatic hydroxyl groups is 1. The fraction of sp³-hybridized carbons (Fsp3) is 0.650. The molecule has 0 saturated carbocycles. The molecule has 3 N–H and O–H groups in total. The lowest BCUT2D eigenvalue weighted by atomic mass is 9.78. The molecule has 0 bridgehead atoms. The molecular formula is C20H32N2O3. The summed E-state index contributed by atoms with van der Waals surface area (Å²) in [6.07, 6.45) is 3.12. The molecule has 0 radical (unpaired) electrons. The maximum absolute atomic E-state index is 12.0. The van der Waals surface area contributed by atoms with Crippen LogP contribution in [-0.2, 0) is 17.8 Å². The zero-order valence-electron chi connectivity index (χ0n) is 15.7. The summed E-state index contributed by atoms with van der Waals surface area (Å²) < 4.78 is 5.96. The van der Waals surface area contributed by atoms with E-state index < -0.39 is 0 Å². The molecule has 1 aromatic rings. The van der Waals surface area contributed by atoms with E-state index in [0.29, 0.717) is 19.0 Å². The summed E-state index contributed by atoms with van der Waals surface area (Å²) in [5, 5.41) is 14.9. The zero-order valence-corrected chi connectivity index (χ0v) is 15.7. The van der Waals surface area contributed by atoms with Gasteiger partial charge in [0.1, 0.15) is 0 Å². The second-order valence-electron chi connectivity index (χ2n) is 7.92. The van der Waals surface area contributed by atoms with Gasteiger partial charge < -0.3 is 20.5 Å². The van der Waals surface area contributed by atoms with E-state index >= 15 is 0 Å². The first-order chi connectivity index (χ1) is 11.9. The van der Waals surface area contributed by atoms with E-state index in [9.17, 15) is 4.79 Å². The van der Waals surface area contributed by atoms with E-state index in [1.54, 1.807) is 0 Å². The molecule has 0 spiro atoms. The summed E-state index contributed by atoms with van der Waals surface area (Å²) in [7, 11) is 0. The Bertz CT molecular complexity index is 537. The van der Waals surface area contributed by atoms with Crippen LogP contribution in [0.3, 0.4) is 0 Å². The lowest BCUT2D eigenvalue weighted by molar-refractivity contribution is -0.0837. The number of ether oxygens (including phenoxy) is 1. The fourth-order valence-corrected chi connectivity index (χ4v) is 3.43. The molecule has 1 aliphatic heterocycles. The zero-order chi connectivity index (χ0) is 18.3. The van der Waals surface area contributed by atoms with Crippen LogP contribution in [0.1, 0.15) is 44.7 Å². The number of rotatable bonds is 6. The van der Waals surface area contributed by atoms with Gasteiger partial charge in [-0.1, -0.05) is 45.0 Å². The van der Waals surface area contributed by atoms with Gasteiger partial charge in [0.15, 0.2) is 0 Å². The molecule has 1 saturated heterocycles. The van der Waals surface area contributed by atoms with Crippen LogP contribution in [0.2, 0.25) is 0 Å². The molecule has 1 heterocycles. The van der Waals surface area contributed by atoms with Crippen LogP contribution in [0, 0.1) is 11.3 Å². The fourth-order valence-electron chi connectivity index (χ4n) is 3.43. The molecule has 2 rings (SSSR count). The molecule has 5 nitrogen and oxygen atoms in total. The van der Waals surface area contributed by atoms with Gasteiger partial charge in [0.25, 0.3) is 0 Å². The van der Waals surface area contributed by atoms with Crippen LogP contribution in [-0.4, -0.2) is 36.9 Å². The summed E-state index contributed by atoms with van der Waals surface area (Å²) in [5.74, 6) is 0.366. The average molecular weight is 348 g/mol. The minimum absolute atomic E-state index is 0.0569. The number of nitrogens with one attached hydrogen (secondary N) is 2. The Hall–Kier alpha value is -1.59. The molecular weight excluding hydrogens is 316 g/mol. The van der Waals surface area contributed by atoms with Crippen molar-refractivity contribution >= 4 is 6.03 Å². The van der Waals surface area contributed by atoms with Gasteiger partial charge in [-0.3, -0.25) is 0 Å². The molecule has 1 aromatic carbocycles. The SMILES string of the molecule is CC(C)(C)C1OCCCC1CNC(=O)NCCc1ccc(CO)cc1. The van der Waals surface area contributed by atoms with E-state index in [2.05, 4.69) is 31.4 Å². The number of carbonyl (C=O) groups excluding carboxylic acids is 1. The van der Waals surface area contributed by atoms with Crippen molar-refractivity contribution in [2.45, 2.75) is 52.7 Å². The van der Waals surface area contributed by atoms with Crippen LogP contribution in [0.25, 0.3) is 0 Å². The standard InChI is InChI=1S/C20H32N2O3/c1-20(2,3)18-17(5-4-12-25-18)13-22-19(24)21-11-10-15-6-8-16(14-23)9-7-15/h6-9,17-18,23H,4-5,10-14H2,1-3H3,(H2,21,22,24). The molecule has 5 heteroatoms. The van der Waals surface area contributed by atoms with Crippen molar-refractivity contribution in [1.82, 2.24) is 10.6 Å². The van der Waals surface area contributed by atoms with Crippen LogP contribution in [0.15, 0.2) is 24.3 Å². The molecule has 2 amide bonds. The Morgan fingerprint density at radius 3 is 2.52 bits per heavy atom. The van der Waals surface area contributed by atoms with Crippen LogP contribution < -0.4 is 10.6 Å². The van der Waals surface area contributed by atoms with Crippen molar-refractivity contribution in [1.29, 1.82) is 0 Å². The van der Waals surface area contributed by atoms with Gasteiger partial charge in [0, 0.05) is 25.6 Å². The highest BCUT2D eigenvalue weighted by atomic mass is 16.5. The normalized spacial score (nSPS) is 21.0. The highest BCUT2D eigenvalue weighted by Gasteiger charge is 2.35. The van der Waals surface area contributed by atoms with Crippen LogP contribution >= 0.6 is 0 Å². The van der Waals surface area contributed by atoms with Gasteiger partial charge >= 0.3 is 6.03 Å². The predicted octanol–water partition coefficient (Wildman–Crippen LogP) is 2.86. The molecule has 1 aliphatic rings.